The standard InChI is InChI=1S/C18H20O3.2C17H18O3.C16H16O3.C15H14O3/c1-2-3-5-10-17(19)16-12-11-15(13-18(16)20)21-14-8-6-4-7-9-14;1-12(2)10-16(18)15-9-8-14(11-17(15)19)20-13-6-4-3-5-7-13;1-2-3-9-16(18)15-11-10-14(12-17(15)19)20-13-7-5-4-6-8-13;1-11(2)16(18)14-9-8-13(10-15(14)17)19-12-6-4-3-5-7-12;1-2-14(16)13-9-8-12(10-15(13)17)18-11-6-4-3-5-7-11/h4,6-9,11-13,20H,2-3,5,10H2,1H3;3-9,11-12,19H,10H2,1-2H3;4-8,10-12,19H,2-3,9H2,1H3;3-11,17H,1-2H3;3-10,17H,2H2,1H3. The van der Waals surface area contributed by atoms with Crippen molar-refractivity contribution in [3.63, 3.8) is 0 Å². The number of Topliss-reactive ketones (excluding diaryl/α,β-unsaturated/α-hetero) is 5. The summed E-state index contributed by atoms with van der Waals surface area (Å²) in [6.07, 6.45) is 6.48. The van der Waals surface area contributed by atoms with Crippen LogP contribution in [-0.4, -0.2) is 54.4 Å². The lowest BCUT2D eigenvalue weighted by Crippen LogP contribution is -2.07. The lowest BCUT2D eigenvalue weighted by Gasteiger charge is -2.09. The van der Waals surface area contributed by atoms with Gasteiger partial charge in [0.1, 0.15) is 86.2 Å². The molecule has 15 nitrogen and oxygen atoms in total. The fourth-order valence-corrected chi connectivity index (χ4v) is 9.27. The van der Waals surface area contributed by atoms with Crippen molar-refractivity contribution in [2.45, 2.75) is 106 Å². The number of unbranched alkanes of at least 4 members (excludes halogenated alkanes) is 3. The fourth-order valence-electron chi connectivity index (χ4n) is 9.27. The van der Waals surface area contributed by atoms with E-state index in [2.05, 4.69) is 6.92 Å². The second-order valence-electron chi connectivity index (χ2n) is 23.2. The summed E-state index contributed by atoms with van der Waals surface area (Å²) >= 11 is 0. The van der Waals surface area contributed by atoms with Crippen molar-refractivity contribution in [1.29, 1.82) is 0 Å². The Labute approximate surface area is 574 Å². The number of phenolic OH excluding ortho intramolecular Hbond substituents is 5. The highest BCUT2D eigenvalue weighted by Gasteiger charge is 2.18. The molecule has 0 radical (unpaired) electrons. The minimum Gasteiger partial charge on any atom is -0.507 e. The van der Waals surface area contributed by atoms with E-state index in [1.54, 1.807) is 81.4 Å². The van der Waals surface area contributed by atoms with Crippen LogP contribution in [0.25, 0.3) is 0 Å². The van der Waals surface area contributed by atoms with Crippen molar-refractivity contribution < 1.29 is 73.2 Å². The van der Waals surface area contributed by atoms with E-state index < -0.39 is 0 Å². The van der Waals surface area contributed by atoms with E-state index in [0.717, 1.165) is 32.1 Å². The molecule has 5 N–H and O–H groups in total. The number of benzene rings is 10. The SMILES string of the molecule is CC(C)C(=O)c1ccc(Oc2ccccc2)cc1O.CC(C)CC(=O)c1ccc(Oc2ccccc2)cc1O.CCC(=O)c1ccc(Oc2ccccc2)cc1O.CCCCC(=O)c1ccc(Oc2ccccc2)cc1O.CCCCCC(=O)c1ccc(Oc2ccccc2)cc1O. The topological polar surface area (TPSA) is 233 Å². The van der Waals surface area contributed by atoms with Crippen LogP contribution in [0.2, 0.25) is 0 Å². The maximum atomic E-state index is 12.0. The first-order valence-corrected chi connectivity index (χ1v) is 32.7. The molecule has 0 atom stereocenters. The van der Waals surface area contributed by atoms with Crippen molar-refractivity contribution in [3.05, 3.63) is 270 Å². The summed E-state index contributed by atoms with van der Waals surface area (Å²) in [6.45, 7) is 13.4. The number of hydrogen-bond acceptors (Lipinski definition) is 15. The average Bonchev–Trinajstić information content (AvgIpc) is 0.916. The van der Waals surface area contributed by atoms with Crippen LogP contribution >= 0.6 is 0 Å². The third kappa shape index (κ3) is 25.4. The molecule has 0 amide bonds. The molecule has 0 spiro atoms. The molecule has 0 saturated carbocycles. The van der Waals surface area contributed by atoms with E-state index in [1.165, 1.54) is 30.3 Å². The average molecular weight is 1320 g/mol. The molecular formula is C83H86O15. The molecule has 0 aliphatic heterocycles. The van der Waals surface area contributed by atoms with Crippen LogP contribution < -0.4 is 23.7 Å². The largest absolute Gasteiger partial charge is 0.507 e. The molecule has 0 unspecified atom stereocenters. The van der Waals surface area contributed by atoms with E-state index in [1.807, 2.05) is 172 Å². The lowest BCUT2D eigenvalue weighted by molar-refractivity contribution is 0.0932. The maximum Gasteiger partial charge on any atom is 0.169 e. The molecular weight excluding hydrogens is 1240 g/mol. The summed E-state index contributed by atoms with van der Waals surface area (Å²) in [7, 11) is 0. The van der Waals surface area contributed by atoms with Gasteiger partial charge in [-0.05, 0) is 140 Å². The van der Waals surface area contributed by atoms with Gasteiger partial charge in [-0.3, -0.25) is 24.0 Å². The summed E-state index contributed by atoms with van der Waals surface area (Å²) in [5.41, 5.74) is 1.73. The van der Waals surface area contributed by atoms with Gasteiger partial charge in [0, 0.05) is 61.9 Å². The van der Waals surface area contributed by atoms with E-state index in [9.17, 15) is 49.5 Å². The first-order chi connectivity index (χ1) is 47.2. The third-order valence-electron chi connectivity index (χ3n) is 14.4. The molecule has 0 saturated heterocycles. The second kappa shape index (κ2) is 40.1. The summed E-state index contributed by atoms with van der Waals surface area (Å²) in [4.78, 5) is 59.2. The first kappa shape index (κ1) is 75.6. The van der Waals surface area contributed by atoms with Gasteiger partial charge in [-0.25, -0.2) is 0 Å². The predicted octanol–water partition coefficient (Wildman–Crippen LogP) is 21.7. The van der Waals surface area contributed by atoms with Crippen molar-refractivity contribution in [3.8, 4) is 86.2 Å². The normalized spacial score (nSPS) is 10.3. The number of hydrogen-bond donors (Lipinski definition) is 5. The zero-order valence-corrected chi connectivity index (χ0v) is 56.4. The molecule has 0 fully saturated rings. The molecule has 15 heteroatoms. The zero-order chi connectivity index (χ0) is 70.8. The summed E-state index contributed by atoms with van der Waals surface area (Å²) in [6, 6.07) is 70.3. The zero-order valence-electron chi connectivity index (χ0n) is 56.4. The Morgan fingerprint density at radius 3 is 0.796 bits per heavy atom. The van der Waals surface area contributed by atoms with Gasteiger partial charge in [-0.15, -0.1) is 0 Å². The van der Waals surface area contributed by atoms with Gasteiger partial charge in [0.15, 0.2) is 28.9 Å². The number of carbonyl (C=O) groups is 5. The van der Waals surface area contributed by atoms with Crippen LogP contribution in [-0.2, 0) is 0 Å². The molecule has 0 aromatic heterocycles. The highest BCUT2D eigenvalue weighted by atomic mass is 16.5. The quantitative estimate of drug-likeness (QED) is 0.0251. The number of aromatic hydroxyl groups is 5. The van der Waals surface area contributed by atoms with E-state index in [0.29, 0.717) is 111 Å². The van der Waals surface area contributed by atoms with Crippen LogP contribution in [0, 0.1) is 11.8 Å². The van der Waals surface area contributed by atoms with Crippen LogP contribution in [0.15, 0.2) is 243 Å². The Morgan fingerprint density at radius 1 is 0.296 bits per heavy atom. The second-order valence-corrected chi connectivity index (χ2v) is 23.2. The summed E-state index contributed by atoms with van der Waals surface area (Å²) in [5.74, 6) is 5.66. The molecule has 0 bridgehead atoms. The highest BCUT2D eigenvalue weighted by Crippen LogP contribution is 2.34. The van der Waals surface area contributed by atoms with E-state index in [4.69, 9.17) is 23.7 Å². The fraction of sp³-hybridized carbons (Fsp3) is 0.217. The Morgan fingerprint density at radius 2 is 0.551 bits per heavy atom. The number of ether oxygens (including phenoxy) is 5. The van der Waals surface area contributed by atoms with Gasteiger partial charge in [-0.1, -0.05) is 159 Å². The number of para-hydroxylation sites is 5. The number of phenols is 5. The van der Waals surface area contributed by atoms with Gasteiger partial charge in [0.05, 0.1) is 27.8 Å². The van der Waals surface area contributed by atoms with E-state index in [-0.39, 0.29) is 69.5 Å². The van der Waals surface area contributed by atoms with Crippen LogP contribution in [0.1, 0.15) is 158 Å². The third-order valence-corrected chi connectivity index (χ3v) is 14.4. The van der Waals surface area contributed by atoms with Gasteiger partial charge < -0.3 is 49.2 Å². The summed E-state index contributed by atoms with van der Waals surface area (Å²) in [5, 5.41) is 49.5. The number of ketones is 5. The van der Waals surface area contributed by atoms with Gasteiger partial charge in [0.2, 0.25) is 0 Å². The highest BCUT2D eigenvalue weighted by molar-refractivity contribution is 6.01. The van der Waals surface area contributed by atoms with Crippen molar-refractivity contribution in [2.75, 3.05) is 0 Å². The monoisotopic (exact) mass is 1320 g/mol. The van der Waals surface area contributed by atoms with Crippen molar-refractivity contribution >= 4 is 28.9 Å². The van der Waals surface area contributed by atoms with Gasteiger partial charge in [-0.2, -0.15) is 0 Å². The summed E-state index contributed by atoms with van der Waals surface area (Å²) < 4.78 is 28.0. The molecule has 10 rings (SSSR count). The predicted molar refractivity (Wildman–Crippen MR) is 383 cm³/mol. The molecule has 0 aliphatic carbocycles. The molecule has 508 valence electrons. The van der Waals surface area contributed by atoms with E-state index >= 15 is 0 Å². The van der Waals surface area contributed by atoms with Gasteiger partial charge >= 0.3 is 0 Å². The Bertz CT molecular complexity index is 4120. The molecule has 10 aromatic carbocycles. The van der Waals surface area contributed by atoms with Crippen LogP contribution in [0.5, 0.6) is 86.2 Å². The maximum absolute atomic E-state index is 12.0. The van der Waals surface area contributed by atoms with Crippen molar-refractivity contribution in [1.82, 2.24) is 0 Å². The lowest BCUT2D eigenvalue weighted by atomic mass is 10.0. The number of carbonyl (C=O) groups excluding carboxylic acids is 5. The van der Waals surface area contributed by atoms with Crippen LogP contribution in [0.3, 0.4) is 0 Å². The smallest absolute Gasteiger partial charge is 0.169 e. The van der Waals surface area contributed by atoms with Crippen LogP contribution in [0.4, 0.5) is 0 Å². The molecule has 0 aliphatic rings. The Hall–Kier alpha value is -11.5. The Kier molecular flexibility index (Phi) is 30.9. The molecule has 0 heterocycles. The number of rotatable bonds is 26. The Balaban J connectivity index is 0.000000193. The first-order valence-electron chi connectivity index (χ1n) is 32.7. The minimum absolute atomic E-state index is 0.0211. The minimum atomic E-state index is -0.146. The molecule has 98 heavy (non-hydrogen) atoms. The molecule has 10 aromatic rings. The van der Waals surface area contributed by atoms with Gasteiger partial charge in [0.25, 0.3) is 0 Å². The van der Waals surface area contributed by atoms with Crippen molar-refractivity contribution in [2.24, 2.45) is 11.8 Å².